The molecule has 0 spiro atoms. The second-order valence-corrected chi connectivity index (χ2v) is 4.23. The average Bonchev–Trinajstić information content (AvgIpc) is 2.32. The third-order valence-electron chi connectivity index (χ3n) is 2.28. The Labute approximate surface area is 111 Å². The highest BCUT2D eigenvalue weighted by molar-refractivity contribution is 5.52. The molecular weight excluding hydrogens is 250 g/mol. The van der Waals surface area contributed by atoms with Crippen LogP contribution >= 0.6 is 0 Å². The Morgan fingerprint density at radius 2 is 2.21 bits per heavy atom. The van der Waals surface area contributed by atoms with Crippen molar-refractivity contribution in [2.45, 2.75) is 0 Å². The van der Waals surface area contributed by atoms with Crippen molar-refractivity contribution in [2.75, 3.05) is 51.4 Å². The van der Waals surface area contributed by atoms with Gasteiger partial charge in [0.2, 0.25) is 0 Å². The van der Waals surface area contributed by atoms with Crippen LogP contribution in [0.3, 0.4) is 0 Å². The minimum atomic E-state index is -0.503. The fourth-order valence-corrected chi connectivity index (χ4v) is 1.33. The van der Waals surface area contributed by atoms with Gasteiger partial charge in [-0.25, -0.2) is 4.98 Å². The maximum Gasteiger partial charge on any atom is 0.276 e. The number of nitrogens with two attached hydrogens (primary N) is 1. The molecule has 0 radical (unpaired) electrons. The zero-order chi connectivity index (χ0) is 14.3. The fourth-order valence-electron chi connectivity index (χ4n) is 1.33. The summed E-state index contributed by atoms with van der Waals surface area (Å²) in [5, 5.41) is 13.6. The van der Waals surface area contributed by atoms with Gasteiger partial charge in [-0.15, -0.1) is 0 Å². The Balaban J connectivity index is 2.35. The van der Waals surface area contributed by atoms with E-state index >= 15 is 0 Å². The Morgan fingerprint density at radius 1 is 1.47 bits per heavy atom. The normalized spacial score (nSPS) is 10.7. The second-order valence-electron chi connectivity index (χ2n) is 4.23. The molecule has 0 aromatic carbocycles. The Hall–Kier alpha value is -1.93. The van der Waals surface area contributed by atoms with Gasteiger partial charge < -0.3 is 20.7 Å². The highest BCUT2D eigenvalue weighted by Crippen LogP contribution is 2.18. The molecule has 1 rings (SSSR count). The first-order valence-corrected chi connectivity index (χ1v) is 5.87. The molecule has 0 aliphatic heterocycles. The van der Waals surface area contributed by atoms with Crippen LogP contribution in [0, 0.1) is 10.1 Å². The molecule has 0 saturated carbocycles. The van der Waals surface area contributed by atoms with Gasteiger partial charge >= 0.3 is 0 Å². The van der Waals surface area contributed by atoms with Crippen molar-refractivity contribution >= 4 is 17.3 Å². The van der Waals surface area contributed by atoms with Crippen molar-refractivity contribution in [1.82, 2.24) is 9.88 Å². The molecule has 0 fully saturated rings. The molecule has 19 heavy (non-hydrogen) atoms. The molecule has 0 atom stereocenters. The van der Waals surface area contributed by atoms with Gasteiger partial charge in [0.05, 0.1) is 30.3 Å². The van der Waals surface area contributed by atoms with Crippen LogP contribution in [-0.2, 0) is 4.74 Å². The molecule has 0 bridgehead atoms. The molecule has 8 nitrogen and oxygen atoms in total. The average molecular weight is 269 g/mol. The fraction of sp³-hybridized carbons (Fsp3) is 0.545. The summed E-state index contributed by atoms with van der Waals surface area (Å²) >= 11 is 0. The quantitative estimate of drug-likeness (QED) is 0.403. The number of rotatable bonds is 8. The lowest BCUT2D eigenvalue weighted by Gasteiger charge is -2.10. The molecule has 106 valence electrons. The number of nitro groups is 1. The molecule has 3 N–H and O–H groups in total. The maximum absolute atomic E-state index is 10.6. The zero-order valence-corrected chi connectivity index (χ0v) is 11.1. The number of pyridine rings is 1. The lowest BCUT2D eigenvalue weighted by molar-refractivity contribution is -0.384. The number of likely N-dealkylation sites (N-methyl/N-ethyl adjacent to an activating group) is 1. The van der Waals surface area contributed by atoms with Crippen molar-refractivity contribution in [1.29, 1.82) is 0 Å². The van der Waals surface area contributed by atoms with Crippen molar-refractivity contribution in [3.8, 4) is 0 Å². The van der Waals surface area contributed by atoms with E-state index in [0.29, 0.717) is 25.6 Å². The van der Waals surface area contributed by atoms with Gasteiger partial charge in [0.25, 0.3) is 5.69 Å². The van der Waals surface area contributed by atoms with Crippen LogP contribution in [0.25, 0.3) is 0 Å². The van der Waals surface area contributed by atoms with Crippen LogP contribution < -0.4 is 11.1 Å². The van der Waals surface area contributed by atoms with E-state index in [1.807, 2.05) is 19.0 Å². The summed E-state index contributed by atoms with van der Waals surface area (Å²) in [6.07, 6.45) is 0. The molecule has 1 aromatic rings. The number of nitrogens with one attached hydrogen (secondary N) is 1. The van der Waals surface area contributed by atoms with E-state index in [-0.39, 0.29) is 11.5 Å². The van der Waals surface area contributed by atoms with E-state index in [9.17, 15) is 10.1 Å². The minimum Gasteiger partial charge on any atom is -0.383 e. The molecule has 0 aliphatic rings. The molecule has 1 aromatic heterocycles. The van der Waals surface area contributed by atoms with Crippen LogP contribution in [0.15, 0.2) is 12.1 Å². The highest BCUT2D eigenvalue weighted by Gasteiger charge is 2.09. The summed E-state index contributed by atoms with van der Waals surface area (Å²) in [5.41, 5.74) is 5.41. The smallest absolute Gasteiger partial charge is 0.276 e. The number of hydrogen-bond donors (Lipinski definition) is 2. The minimum absolute atomic E-state index is 0.0801. The monoisotopic (exact) mass is 269 g/mol. The second kappa shape index (κ2) is 7.49. The largest absolute Gasteiger partial charge is 0.383 e. The third kappa shape index (κ3) is 5.98. The van der Waals surface area contributed by atoms with Gasteiger partial charge in [0.15, 0.2) is 0 Å². The predicted molar refractivity (Wildman–Crippen MR) is 73.2 cm³/mol. The molecular formula is C11H19N5O3. The van der Waals surface area contributed by atoms with Gasteiger partial charge in [-0.1, -0.05) is 0 Å². The number of nitrogen functional groups attached to an aromatic ring is 1. The molecule has 1 heterocycles. The first kappa shape index (κ1) is 15.1. The lowest BCUT2D eigenvalue weighted by Crippen LogP contribution is -2.20. The van der Waals surface area contributed by atoms with Gasteiger partial charge in [-0.2, -0.15) is 0 Å². The van der Waals surface area contributed by atoms with E-state index < -0.39 is 4.92 Å². The Bertz CT molecular complexity index is 425. The topological polar surface area (TPSA) is 107 Å². The first-order valence-electron chi connectivity index (χ1n) is 5.87. The van der Waals surface area contributed by atoms with Crippen molar-refractivity contribution in [3.05, 3.63) is 22.2 Å². The Kier molecular flexibility index (Phi) is 5.97. The zero-order valence-electron chi connectivity index (χ0n) is 11.1. The van der Waals surface area contributed by atoms with E-state index in [1.165, 1.54) is 12.1 Å². The molecule has 0 aliphatic carbocycles. The third-order valence-corrected chi connectivity index (χ3v) is 2.28. The lowest BCUT2D eigenvalue weighted by atomic mass is 10.3. The number of ether oxygens (including phenoxy) is 1. The van der Waals surface area contributed by atoms with Crippen LogP contribution in [0.1, 0.15) is 0 Å². The van der Waals surface area contributed by atoms with Crippen LogP contribution in [0.4, 0.5) is 17.3 Å². The highest BCUT2D eigenvalue weighted by atomic mass is 16.6. The van der Waals surface area contributed by atoms with E-state index in [1.54, 1.807) is 0 Å². The van der Waals surface area contributed by atoms with Crippen LogP contribution in [-0.4, -0.2) is 55.2 Å². The van der Waals surface area contributed by atoms with Gasteiger partial charge in [0, 0.05) is 13.1 Å². The summed E-state index contributed by atoms with van der Waals surface area (Å²) in [7, 11) is 3.94. The first-order chi connectivity index (χ1) is 8.99. The molecule has 0 saturated heterocycles. The van der Waals surface area contributed by atoms with Gasteiger partial charge in [-0.3, -0.25) is 10.1 Å². The van der Waals surface area contributed by atoms with E-state index in [0.717, 1.165) is 6.54 Å². The standard InChI is InChI=1S/C11H19N5O3/c1-15(2)4-6-19-5-3-13-11-8-9(16(17)18)7-10(12)14-11/h7-8H,3-6H2,1-2H3,(H3,12,13,14). The Morgan fingerprint density at radius 3 is 2.84 bits per heavy atom. The molecule has 0 amide bonds. The number of aromatic nitrogens is 1. The van der Waals surface area contributed by atoms with Crippen LogP contribution in [0.5, 0.6) is 0 Å². The van der Waals surface area contributed by atoms with E-state index in [2.05, 4.69) is 10.3 Å². The number of anilines is 2. The van der Waals surface area contributed by atoms with Crippen molar-refractivity contribution in [2.24, 2.45) is 0 Å². The van der Waals surface area contributed by atoms with Gasteiger partial charge in [0.1, 0.15) is 11.6 Å². The van der Waals surface area contributed by atoms with Crippen molar-refractivity contribution in [3.63, 3.8) is 0 Å². The SMILES string of the molecule is CN(C)CCOCCNc1cc([N+](=O)[O-])cc(N)n1. The number of hydrogen-bond acceptors (Lipinski definition) is 7. The summed E-state index contributed by atoms with van der Waals surface area (Å²) in [5.74, 6) is 0.494. The summed E-state index contributed by atoms with van der Waals surface area (Å²) in [4.78, 5) is 16.1. The summed E-state index contributed by atoms with van der Waals surface area (Å²) < 4.78 is 5.38. The molecule has 0 unspecified atom stereocenters. The van der Waals surface area contributed by atoms with E-state index in [4.69, 9.17) is 10.5 Å². The maximum atomic E-state index is 10.6. The summed E-state index contributed by atoms with van der Waals surface area (Å²) in [6, 6.07) is 2.56. The summed E-state index contributed by atoms with van der Waals surface area (Å²) in [6.45, 7) is 2.50. The van der Waals surface area contributed by atoms with Gasteiger partial charge in [-0.05, 0) is 14.1 Å². The molecule has 8 heteroatoms. The van der Waals surface area contributed by atoms with Crippen molar-refractivity contribution < 1.29 is 9.66 Å². The number of nitrogens with zero attached hydrogens (tertiary/aromatic N) is 3. The predicted octanol–water partition coefficient (Wildman–Crippen LogP) is 0.562. The van der Waals surface area contributed by atoms with Crippen LogP contribution in [0.2, 0.25) is 0 Å².